The minimum Gasteiger partial charge on any atom is -0.0847 e. The van der Waals surface area contributed by atoms with Crippen LogP contribution in [0, 0.1) is 0 Å². The zero-order valence-corrected chi connectivity index (χ0v) is 8.10. The average Bonchev–Trinajstić information content (AvgIpc) is 1.84. The van der Waals surface area contributed by atoms with Gasteiger partial charge in [0.05, 0.1) is 0 Å². The van der Waals surface area contributed by atoms with Crippen LogP contribution in [0.1, 0.15) is 13.8 Å². The molecule has 0 aliphatic carbocycles. The molecule has 0 heterocycles. The van der Waals surface area contributed by atoms with E-state index < -0.39 is 0 Å². The van der Waals surface area contributed by atoms with E-state index in [1.807, 2.05) is 0 Å². The zero-order valence-electron chi connectivity index (χ0n) is 6.31. The van der Waals surface area contributed by atoms with Crippen LogP contribution in [0.5, 0.6) is 0 Å². The molecule has 0 saturated heterocycles. The summed E-state index contributed by atoms with van der Waals surface area (Å²) in [5.41, 5.74) is 0. The first-order valence-electron chi connectivity index (χ1n) is 3.14. The molecule has 2 heteroatoms. The molecular formula is C6H16P2. The second-order valence-corrected chi connectivity index (χ2v) is 9.94. The summed E-state index contributed by atoms with van der Waals surface area (Å²) in [7, 11) is 0.850. The van der Waals surface area contributed by atoms with Crippen LogP contribution in [0.3, 0.4) is 0 Å². The van der Waals surface area contributed by atoms with E-state index in [1.165, 1.54) is 12.3 Å². The summed E-state index contributed by atoms with van der Waals surface area (Å²) in [5, 5.41) is 0. The topological polar surface area (TPSA) is 0 Å². The summed E-state index contributed by atoms with van der Waals surface area (Å²) in [6.07, 6.45) is 2.84. The molecule has 0 nitrogen and oxygen atoms in total. The molecule has 0 N–H and O–H groups in total. The van der Waals surface area contributed by atoms with Crippen molar-refractivity contribution in [3.8, 4) is 0 Å². The predicted molar refractivity (Wildman–Crippen MR) is 46.8 cm³/mol. The van der Waals surface area contributed by atoms with Crippen LogP contribution in [-0.4, -0.2) is 25.7 Å². The lowest BCUT2D eigenvalue weighted by Crippen LogP contribution is -1.76. The lowest BCUT2D eigenvalue weighted by Gasteiger charge is -2.16. The second kappa shape index (κ2) is 4.71. The Labute approximate surface area is 55.5 Å². The van der Waals surface area contributed by atoms with Crippen LogP contribution < -0.4 is 0 Å². The maximum Gasteiger partial charge on any atom is -0.0318 e. The van der Waals surface area contributed by atoms with Crippen LogP contribution in [0.4, 0.5) is 0 Å². The van der Waals surface area contributed by atoms with E-state index in [-0.39, 0.29) is 0 Å². The highest BCUT2D eigenvalue weighted by molar-refractivity contribution is 8.29. The average molecular weight is 150 g/mol. The van der Waals surface area contributed by atoms with Crippen molar-refractivity contribution in [2.45, 2.75) is 13.8 Å². The van der Waals surface area contributed by atoms with Crippen molar-refractivity contribution in [1.29, 1.82) is 0 Å². The quantitative estimate of drug-likeness (QED) is 0.542. The Morgan fingerprint density at radius 1 is 0.875 bits per heavy atom. The fourth-order valence-electron chi connectivity index (χ4n) is 0.483. The van der Waals surface area contributed by atoms with Crippen molar-refractivity contribution in [2.75, 3.05) is 25.7 Å². The maximum absolute atomic E-state index is 2.42. The van der Waals surface area contributed by atoms with Crippen LogP contribution in [0.25, 0.3) is 0 Å². The van der Waals surface area contributed by atoms with E-state index in [4.69, 9.17) is 0 Å². The van der Waals surface area contributed by atoms with E-state index >= 15 is 0 Å². The monoisotopic (exact) mass is 150 g/mol. The molecule has 8 heavy (non-hydrogen) atoms. The molecular weight excluding hydrogens is 134 g/mol. The molecule has 0 saturated carbocycles. The maximum atomic E-state index is 2.42. The van der Waals surface area contributed by atoms with Crippen LogP contribution in [0.2, 0.25) is 0 Å². The number of hydrogen-bond acceptors (Lipinski definition) is 0. The molecule has 0 aliphatic heterocycles. The molecule has 0 amide bonds. The van der Waals surface area contributed by atoms with E-state index in [1.54, 1.807) is 0 Å². The normalized spacial score (nSPS) is 18.0. The van der Waals surface area contributed by atoms with Crippen LogP contribution in [-0.2, 0) is 0 Å². The first-order valence-corrected chi connectivity index (χ1v) is 7.79. The summed E-state index contributed by atoms with van der Waals surface area (Å²) in [6.45, 7) is 9.45. The summed E-state index contributed by atoms with van der Waals surface area (Å²) in [4.78, 5) is 0. The molecule has 0 radical (unpaired) electrons. The van der Waals surface area contributed by atoms with Crippen LogP contribution in [0.15, 0.2) is 0 Å². The predicted octanol–water partition coefficient (Wildman–Crippen LogP) is 3.16. The van der Waals surface area contributed by atoms with Crippen molar-refractivity contribution in [1.82, 2.24) is 0 Å². The van der Waals surface area contributed by atoms with E-state index in [0.29, 0.717) is 15.2 Å². The number of hydrogen-bond donors (Lipinski definition) is 0. The minimum atomic E-state index is 0.425. The van der Waals surface area contributed by atoms with Gasteiger partial charge in [-0.25, -0.2) is 0 Å². The third kappa shape index (κ3) is 3.00. The summed E-state index contributed by atoms with van der Waals surface area (Å²) in [6, 6.07) is 0. The lowest BCUT2D eigenvalue weighted by atomic mass is 11.0. The van der Waals surface area contributed by atoms with Gasteiger partial charge in [0, 0.05) is 0 Å². The van der Waals surface area contributed by atoms with Gasteiger partial charge in [-0.2, -0.15) is 0 Å². The van der Waals surface area contributed by atoms with Gasteiger partial charge in [0.1, 0.15) is 0 Å². The van der Waals surface area contributed by atoms with Crippen molar-refractivity contribution in [2.24, 2.45) is 0 Å². The molecule has 0 bridgehead atoms. The molecule has 0 fully saturated rings. The Bertz CT molecular complexity index is 46.5. The highest BCUT2D eigenvalue weighted by Crippen LogP contribution is 2.63. The van der Waals surface area contributed by atoms with Crippen molar-refractivity contribution < 1.29 is 0 Å². The molecule has 0 spiro atoms. The fourth-order valence-corrected chi connectivity index (χ4v) is 4.35. The van der Waals surface area contributed by atoms with Gasteiger partial charge >= 0.3 is 0 Å². The van der Waals surface area contributed by atoms with Gasteiger partial charge in [0.25, 0.3) is 0 Å². The molecule has 0 aromatic heterocycles. The molecule has 0 rings (SSSR count). The van der Waals surface area contributed by atoms with E-state index in [9.17, 15) is 0 Å². The van der Waals surface area contributed by atoms with Crippen molar-refractivity contribution in [3.05, 3.63) is 0 Å². The zero-order chi connectivity index (χ0) is 6.57. The van der Waals surface area contributed by atoms with Gasteiger partial charge in [-0.3, -0.25) is 0 Å². The molecule has 0 aromatic rings. The Kier molecular flexibility index (Phi) is 5.22. The second-order valence-electron chi connectivity index (χ2n) is 1.95. The minimum absolute atomic E-state index is 0.425. The summed E-state index contributed by atoms with van der Waals surface area (Å²) in [5.74, 6) is 0. The first-order chi connectivity index (χ1) is 3.72. The molecule has 0 aromatic carbocycles. The van der Waals surface area contributed by atoms with Crippen LogP contribution >= 0.6 is 15.2 Å². The van der Waals surface area contributed by atoms with Gasteiger partial charge in [0.2, 0.25) is 0 Å². The van der Waals surface area contributed by atoms with E-state index in [2.05, 4.69) is 27.2 Å². The summed E-state index contributed by atoms with van der Waals surface area (Å²) < 4.78 is 0. The Balaban J connectivity index is 3.29. The Morgan fingerprint density at radius 3 is 1.25 bits per heavy atom. The molecule has 0 aliphatic rings. The van der Waals surface area contributed by atoms with Crippen molar-refractivity contribution in [3.63, 3.8) is 0 Å². The third-order valence-electron chi connectivity index (χ3n) is 1.50. The lowest BCUT2D eigenvalue weighted by molar-refractivity contribution is 1.49. The van der Waals surface area contributed by atoms with Gasteiger partial charge in [-0.1, -0.05) is 29.1 Å². The van der Waals surface area contributed by atoms with Gasteiger partial charge < -0.3 is 0 Å². The van der Waals surface area contributed by atoms with Gasteiger partial charge in [-0.15, -0.1) is 0 Å². The van der Waals surface area contributed by atoms with Gasteiger partial charge in [-0.05, 0) is 25.7 Å². The highest BCUT2D eigenvalue weighted by Gasteiger charge is 2.03. The largest absolute Gasteiger partial charge is 0.0847 e. The number of rotatable bonds is 3. The van der Waals surface area contributed by atoms with Gasteiger partial charge in [0.15, 0.2) is 0 Å². The van der Waals surface area contributed by atoms with Crippen molar-refractivity contribution >= 4 is 15.2 Å². The SMILES string of the molecule is CCP(C)P(C)CC. The molecule has 2 unspecified atom stereocenters. The van der Waals surface area contributed by atoms with E-state index in [0.717, 1.165) is 0 Å². The molecule has 2 atom stereocenters. The smallest absolute Gasteiger partial charge is 0.0318 e. The molecule has 50 valence electrons. The first kappa shape index (κ1) is 8.86. The summed E-state index contributed by atoms with van der Waals surface area (Å²) >= 11 is 0. The highest BCUT2D eigenvalue weighted by atomic mass is 32.1. The third-order valence-corrected chi connectivity index (χ3v) is 9.69. The Hall–Kier alpha value is 0.860. The standard InChI is InChI=1S/C6H16P2/c1-5-7(3)8(4)6-2/h5-6H2,1-4H3. The fraction of sp³-hybridized carbons (Fsp3) is 1.00. The Morgan fingerprint density at radius 2 is 1.12 bits per heavy atom.